The monoisotopic (exact) mass is 389 g/mol. The van der Waals surface area contributed by atoms with Crippen molar-refractivity contribution in [1.82, 2.24) is 5.32 Å². The van der Waals surface area contributed by atoms with E-state index in [0.717, 1.165) is 10.4 Å². The normalized spacial score (nSPS) is 12.0. The van der Waals surface area contributed by atoms with Crippen molar-refractivity contribution in [2.75, 3.05) is 6.54 Å². The molecule has 134 valence electrons. The third-order valence-corrected chi connectivity index (χ3v) is 5.27. The summed E-state index contributed by atoms with van der Waals surface area (Å²) in [5.41, 5.74) is 1.94. The molecule has 0 bridgehead atoms. The van der Waals surface area contributed by atoms with Crippen molar-refractivity contribution in [3.8, 4) is 10.4 Å². The maximum absolute atomic E-state index is 13.7. The van der Waals surface area contributed by atoms with Crippen LogP contribution >= 0.6 is 22.9 Å². The van der Waals surface area contributed by atoms with Crippen LogP contribution in [0.1, 0.15) is 17.2 Å². The number of aliphatic hydroxyl groups is 1. The second-order valence-electron chi connectivity index (χ2n) is 5.80. The Morgan fingerprint density at radius 2 is 1.92 bits per heavy atom. The van der Waals surface area contributed by atoms with E-state index in [9.17, 15) is 14.3 Å². The van der Waals surface area contributed by atoms with Crippen molar-refractivity contribution >= 4 is 28.8 Å². The number of carbonyl (C=O) groups excluding carboxylic acids is 1. The molecule has 0 saturated heterocycles. The number of nitrogens with one attached hydrogen (secondary N) is 1. The van der Waals surface area contributed by atoms with Crippen molar-refractivity contribution in [1.29, 1.82) is 0 Å². The number of hydrogen-bond donors (Lipinski definition) is 2. The van der Waals surface area contributed by atoms with Crippen LogP contribution in [-0.2, 0) is 11.2 Å². The summed E-state index contributed by atoms with van der Waals surface area (Å²) in [6.07, 6.45) is -1.01. The van der Waals surface area contributed by atoms with Gasteiger partial charge >= 0.3 is 0 Å². The molecule has 2 aromatic carbocycles. The van der Waals surface area contributed by atoms with E-state index in [1.165, 1.54) is 18.2 Å². The van der Waals surface area contributed by atoms with Crippen LogP contribution in [0.4, 0.5) is 4.39 Å². The zero-order valence-corrected chi connectivity index (χ0v) is 15.4. The maximum Gasteiger partial charge on any atom is 0.224 e. The van der Waals surface area contributed by atoms with Gasteiger partial charge in [0.05, 0.1) is 12.5 Å². The number of amides is 1. The van der Waals surface area contributed by atoms with Gasteiger partial charge in [-0.25, -0.2) is 4.39 Å². The first-order valence-corrected chi connectivity index (χ1v) is 9.32. The summed E-state index contributed by atoms with van der Waals surface area (Å²) in [5.74, 6) is -0.913. The van der Waals surface area contributed by atoms with E-state index < -0.39 is 17.8 Å². The molecule has 0 spiro atoms. The molecule has 0 aliphatic rings. The van der Waals surface area contributed by atoms with Crippen molar-refractivity contribution in [3.05, 3.63) is 81.9 Å². The van der Waals surface area contributed by atoms with Crippen LogP contribution in [0.5, 0.6) is 0 Å². The van der Waals surface area contributed by atoms with Gasteiger partial charge in [0.1, 0.15) is 5.82 Å². The third-order valence-electron chi connectivity index (χ3n) is 3.99. The van der Waals surface area contributed by atoms with Crippen LogP contribution in [0.2, 0.25) is 5.02 Å². The van der Waals surface area contributed by atoms with Crippen LogP contribution in [0, 0.1) is 5.82 Å². The summed E-state index contributed by atoms with van der Waals surface area (Å²) in [6.45, 7) is 0.0449. The highest BCUT2D eigenvalue weighted by molar-refractivity contribution is 7.13. The molecule has 1 atom stereocenters. The van der Waals surface area contributed by atoms with E-state index in [4.69, 9.17) is 11.6 Å². The van der Waals surface area contributed by atoms with Crippen LogP contribution < -0.4 is 5.32 Å². The first-order chi connectivity index (χ1) is 12.5. The molecule has 0 aliphatic carbocycles. The van der Waals surface area contributed by atoms with Gasteiger partial charge in [-0.1, -0.05) is 48.0 Å². The van der Waals surface area contributed by atoms with Crippen molar-refractivity contribution in [2.45, 2.75) is 12.5 Å². The van der Waals surface area contributed by atoms with Gasteiger partial charge in [0, 0.05) is 22.0 Å². The minimum Gasteiger partial charge on any atom is -0.387 e. The zero-order chi connectivity index (χ0) is 18.5. The Kier molecular flexibility index (Phi) is 6.04. The summed E-state index contributed by atoms with van der Waals surface area (Å²) >= 11 is 7.57. The van der Waals surface area contributed by atoms with E-state index in [-0.39, 0.29) is 23.6 Å². The number of benzene rings is 2. The van der Waals surface area contributed by atoms with Gasteiger partial charge in [-0.15, -0.1) is 11.3 Å². The van der Waals surface area contributed by atoms with Crippen LogP contribution in [0.15, 0.2) is 60.0 Å². The number of aliphatic hydroxyl groups excluding tert-OH is 1. The molecular formula is C20H17ClFNO2S. The summed E-state index contributed by atoms with van der Waals surface area (Å²) in [6, 6.07) is 15.8. The topological polar surface area (TPSA) is 49.3 Å². The van der Waals surface area contributed by atoms with Crippen LogP contribution in [0.3, 0.4) is 0 Å². The lowest BCUT2D eigenvalue weighted by atomic mass is 10.1. The summed E-state index contributed by atoms with van der Waals surface area (Å²) in [5, 5.41) is 15.1. The van der Waals surface area contributed by atoms with Crippen molar-refractivity contribution < 1.29 is 14.3 Å². The van der Waals surface area contributed by atoms with Crippen LogP contribution in [0.25, 0.3) is 10.4 Å². The zero-order valence-electron chi connectivity index (χ0n) is 13.8. The van der Waals surface area contributed by atoms with Gasteiger partial charge in [-0.05, 0) is 34.7 Å². The molecular weight excluding hydrogens is 373 g/mol. The second-order valence-corrected chi connectivity index (χ2v) is 7.15. The van der Waals surface area contributed by atoms with Gasteiger partial charge in [-0.3, -0.25) is 4.79 Å². The highest BCUT2D eigenvalue weighted by Crippen LogP contribution is 2.26. The fourth-order valence-corrected chi connectivity index (χ4v) is 3.53. The van der Waals surface area contributed by atoms with E-state index in [0.29, 0.717) is 5.56 Å². The maximum atomic E-state index is 13.7. The molecule has 6 heteroatoms. The average Bonchev–Trinajstić information content (AvgIpc) is 3.18. The summed E-state index contributed by atoms with van der Waals surface area (Å²) < 4.78 is 13.7. The minimum absolute atomic E-state index is 0.0449. The molecule has 2 N–H and O–H groups in total. The minimum atomic E-state index is -0.840. The molecule has 1 unspecified atom stereocenters. The van der Waals surface area contributed by atoms with Crippen LogP contribution in [-0.4, -0.2) is 17.6 Å². The Morgan fingerprint density at radius 3 is 2.58 bits per heavy atom. The lowest BCUT2D eigenvalue weighted by Crippen LogP contribution is -2.30. The molecule has 1 heterocycles. The Hall–Kier alpha value is -2.21. The highest BCUT2D eigenvalue weighted by atomic mass is 35.5. The molecule has 0 radical (unpaired) electrons. The first kappa shape index (κ1) is 18.6. The average molecular weight is 390 g/mol. The fourth-order valence-electron chi connectivity index (χ4n) is 2.56. The highest BCUT2D eigenvalue weighted by Gasteiger charge is 2.14. The SMILES string of the molecule is O=C(Cc1c(F)cccc1Cl)NCC(O)c1ccc(-c2cccs2)cc1. The third kappa shape index (κ3) is 4.49. The Bertz CT molecular complexity index is 861. The second kappa shape index (κ2) is 8.45. The molecule has 26 heavy (non-hydrogen) atoms. The van der Waals surface area contributed by atoms with Gasteiger partial charge in [-0.2, -0.15) is 0 Å². The molecule has 3 nitrogen and oxygen atoms in total. The first-order valence-electron chi connectivity index (χ1n) is 8.06. The Morgan fingerprint density at radius 1 is 1.15 bits per heavy atom. The summed E-state index contributed by atoms with van der Waals surface area (Å²) in [7, 11) is 0. The molecule has 3 aromatic rings. The molecule has 0 aliphatic heterocycles. The molecule has 0 fully saturated rings. The smallest absolute Gasteiger partial charge is 0.224 e. The number of rotatable bonds is 6. The van der Waals surface area contributed by atoms with E-state index >= 15 is 0 Å². The van der Waals surface area contributed by atoms with Crippen molar-refractivity contribution in [2.24, 2.45) is 0 Å². The van der Waals surface area contributed by atoms with E-state index in [1.807, 2.05) is 41.8 Å². The fraction of sp³-hybridized carbons (Fsp3) is 0.150. The van der Waals surface area contributed by atoms with Gasteiger partial charge in [0.25, 0.3) is 0 Å². The quantitative estimate of drug-likeness (QED) is 0.647. The molecule has 1 aromatic heterocycles. The molecule has 3 rings (SSSR count). The Labute approximate surface area is 160 Å². The standard InChI is InChI=1S/C20H17ClFNO2S/c21-16-3-1-4-17(22)15(16)11-20(25)23-12-18(24)13-6-8-14(9-7-13)19-5-2-10-26-19/h1-10,18,24H,11-12H2,(H,23,25). The lowest BCUT2D eigenvalue weighted by Gasteiger charge is -2.13. The lowest BCUT2D eigenvalue weighted by molar-refractivity contribution is -0.120. The number of halogens is 2. The van der Waals surface area contributed by atoms with Gasteiger partial charge in [0.15, 0.2) is 0 Å². The number of carbonyl (C=O) groups is 1. The van der Waals surface area contributed by atoms with Crippen molar-refractivity contribution in [3.63, 3.8) is 0 Å². The van der Waals surface area contributed by atoms with E-state index in [1.54, 1.807) is 11.3 Å². The van der Waals surface area contributed by atoms with E-state index in [2.05, 4.69) is 5.32 Å². The largest absolute Gasteiger partial charge is 0.387 e. The summed E-state index contributed by atoms with van der Waals surface area (Å²) in [4.78, 5) is 13.2. The molecule has 0 saturated carbocycles. The predicted molar refractivity (Wildman–Crippen MR) is 103 cm³/mol. The number of hydrogen-bond acceptors (Lipinski definition) is 3. The predicted octanol–water partition coefficient (Wildman–Crippen LogP) is 4.60. The number of thiophene rings is 1. The van der Waals surface area contributed by atoms with Gasteiger partial charge < -0.3 is 10.4 Å². The van der Waals surface area contributed by atoms with Gasteiger partial charge in [0.2, 0.25) is 5.91 Å². The molecule has 1 amide bonds. The Balaban J connectivity index is 1.56.